The lowest BCUT2D eigenvalue weighted by Gasteiger charge is -2.03. The van der Waals surface area contributed by atoms with Crippen molar-refractivity contribution in [3.63, 3.8) is 0 Å². The summed E-state index contributed by atoms with van der Waals surface area (Å²) in [4.78, 5) is 4.24. The molecule has 0 aliphatic rings. The summed E-state index contributed by atoms with van der Waals surface area (Å²) in [6.45, 7) is 1.96. The Bertz CT molecular complexity index is 522. The van der Waals surface area contributed by atoms with E-state index in [0.29, 0.717) is 28.2 Å². The average molecular weight is 286 g/mol. The molecule has 6 heteroatoms. The van der Waals surface area contributed by atoms with Gasteiger partial charge >= 0.3 is 0 Å². The van der Waals surface area contributed by atoms with Crippen LogP contribution in [0.15, 0.2) is 22.7 Å². The van der Waals surface area contributed by atoms with Crippen LogP contribution in [0, 0.1) is 0 Å². The Balaban J connectivity index is 2.21. The van der Waals surface area contributed by atoms with E-state index in [9.17, 15) is 0 Å². The third-order valence-electron chi connectivity index (χ3n) is 2.64. The molecule has 2 aromatic rings. The van der Waals surface area contributed by atoms with Gasteiger partial charge in [0, 0.05) is 16.5 Å². The Morgan fingerprint density at radius 3 is 2.61 bits per heavy atom. The number of nitrogens with zero attached hydrogens (tertiary/aromatic N) is 2. The third kappa shape index (κ3) is 2.83. The number of hydrogen-bond donors (Lipinski definition) is 1. The van der Waals surface area contributed by atoms with E-state index in [0.717, 1.165) is 12.0 Å². The fraction of sp³-hybridized carbons (Fsp3) is 0.333. The molecule has 0 aliphatic heterocycles. The van der Waals surface area contributed by atoms with E-state index in [1.807, 2.05) is 6.92 Å². The van der Waals surface area contributed by atoms with Crippen LogP contribution in [0.2, 0.25) is 10.0 Å². The first-order valence-corrected chi connectivity index (χ1v) is 6.38. The Morgan fingerprint density at radius 1 is 1.33 bits per heavy atom. The fourth-order valence-corrected chi connectivity index (χ4v) is 2.05. The van der Waals surface area contributed by atoms with Crippen LogP contribution < -0.4 is 5.73 Å². The molecule has 0 bridgehead atoms. The average Bonchev–Trinajstić information content (AvgIpc) is 2.81. The predicted molar refractivity (Wildman–Crippen MR) is 70.8 cm³/mol. The zero-order valence-corrected chi connectivity index (χ0v) is 11.4. The molecule has 0 saturated heterocycles. The number of nitrogens with two attached hydrogens (primary N) is 1. The van der Waals surface area contributed by atoms with Crippen LogP contribution in [0.5, 0.6) is 0 Å². The standard InChI is InChI=1S/C12H13Cl2N3O/c1-2-10(15)12-16-11(17-18-12)6-7-8(13)4-3-5-9(7)14/h3-5,10H,2,6,15H2,1H3/t10-/m1/s1. The monoisotopic (exact) mass is 285 g/mol. The molecular weight excluding hydrogens is 273 g/mol. The molecule has 2 rings (SSSR count). The second-order valence-electron chi connectivity index (χ2n) is 3.94. The van der Waals surface area contributed by atoms with E-state index >= 15 is 0 Å². The van der Waals surface area contributed by atoms with E-state index < -0.39 is 0 Å². The van der Waals surface area contributed by atoms with Gasteiger partial charge in [0.2, 0.25) is 5.89 Å². The van der Waals surface area contributed by atoms with E-state index in [1.165, 1.54) is 0 Å². The molecule has 1 heterocycles. The molecule has 96 valence electrons. The minimum atomic E-state index is -0.229. The molecule has 0 radical (unpaired) electrons. The van der Waals surface area contributed by atoms with Gasteiger partial charge in [-0.15, -0.1) is 0 Å². The van der Waals surface area contributed by atoms with E-state index in [2.05, 4.69) is 10.1 Å². The van der Waals surface area contributed by atoms with Crippen molar-refractivity contribution in [1.29, 1.82) is 0 Å². The van der Waals surface area contributed by atoms with Crippen molar-refractivity contribution in [2.75, 3.05) is 0 Å². The summed E-state index contributed by atoms with van der Waals surface area (Å²) >= 11 is 12.2. The maximum absolute atomic E-state index is 6.08. The minimum Gasteiger partial charge on any atom is -0.338 e. The second kappa shape index (κ2) is 5.69. The summed E-state index contributed by atoms with van der Waals surface area (Å²) < 4.78 is 5.10. The van der Waals surface area contributed by atoms with Crippen molar-refractivity contribution < 1.29 is 4.52 Å². The Kier molecular flexibility index (Phi) is 4.22. The highest BCUT2D eigenvalue weighted by atomic mass is 35.5. The summed E-state index contributed by atoms with van der Waals surface area (Å²) in [7, 11) is 0. The summed E-state index contributed by atoms with van der Waals surface area (Å²) in [6, 6.07) is 5.12. The van der Waals surface area contributed by atoms with Gasteiger partial charge < -0.3 is 10.3 Å². The normalized spacial score (nSPS) is 12.7. The van der Waals surface area contributed by atoms with Crippen LogP contribution in [-0.2, 0) is 6.42 Å². The predicted octanol–water partition coefficient (Wildman–Crippen LogP) is 3.38. The Labute approximate surface area is 115 Å². The van der Waals surface area contributed by atoms with E-state index in [-0.39, 0.29) is 6.04 Å². The van der Waals surface area contributed by atoms with Gasteiger partial charge in [-0.1, -0.05) is 41.3 Å². The third-order valence-corrected chi connectivity index (χ3v) is 3.35. The van der Waals surface area contributed by atoms with Crippen LogP contribution >= 0.6 is 23.2 Å². The number of hydrogen-bond acceptors (Lipinski definition) is 4. The number of benzene rings is 1. The van der Waals surface area contributed by atoms with Crippen LogP contribution in [0.25, 0.3) is 0 Å². The molecule has 0 aliphatic carbocycles. The van der Waals surface area contributed by atoms with Gasteiger partial charge in [0.15, 0.2) is 5.82 Å². The largest absolute Gasteiger partial charge is 0.338 e. The topological polar surface area (TPSA) is 64.9 Å². The van der Waals surface area contributed by atoms with Gasteiger partial charge in [0.25, 0.3) is 0 Å². The smallest absolute Gasteiger partial charge is 0.243 e. The first-order valence-electron chi connectivity index (χ1n) is 5.62. The zero-order chi connectivity index (χ0) is 13.1. The number of halogens is 2. The van der Waals surface area contributed by atoms with Crippen molar-refractivity contribution in [1.82, 2.24) is 10.1 Å². The molecule has 1 aromatic carbocycles. The van der Waals surface area contributed by atoms with Crippen LogP contribution in [-0.4, -0.2) is 10.1 Å². The van der Waals surface area contributed by atoms with Crippen molar-refractivity contribution in [3.05, 3.63) is 45.5 Å². The Morgan fingerprint density at radius 2 is 2.00 bits per heavy atom. The molecule has 1 atom stereocenters. The van der Waals surface area contributed by atoms with Gasteiger partial charge in [-0.05, 0) is 24.1 Å². The molecule has 0 spiro atoms. The quantitative estimate of drug-likeness (QED) is 0.935. The molecule has 0 fully saturated rings. The van der Waals surface area contributed by atoms with Gasteiger partial charge in [0.1, 0.15) is 0 Å². The first-order chi connectivity index (χ1) is 8.61. The SMILES string of the molecule is CC[C@@H](N)c1nc(Cc2c(Cl)cccc2Cl)no1. The fourth-order valence-electron chi connectivity index (χ4n) is 1.52. The van der Waals surface area contributed by atoms with Crippen molar-refractivity contribution in [2.24, 2.45) is 5.73 Å². The van der Waals surface area contributed by atoms with Gasteiger partial charge in [0.05, 0.1) is 6.04 Å². The summed E-state index contributed by atoms with van der Waals surface area (Å²) in [5.41, 5.74) is 6.60. The lowest BCUT2D eigenvalue weighted by molar-refractivity contribution is 0.348. The second-order valence-corrected chi connectivity index (χ2v) is 4.75. The van der Waals surface area contributed by atoms with Crippen molar-refractivity contribution in [2.45, 2.75) is 25.8 Å². The van der Waals surface area contributed by atoms with Crippen molar-refractivity contribution in [3.8, 4) is 0 Å². The highest BCUT2D eigenvalue weighted by Gasteiger charge is 2.15. The van der Waals surface area contributed by atoms with Gasteiger partial charge in [-0.25, -0.2) is 0 Å². The molecule has 0 unspecified atom stereocenters. The molecule has 4 nitrogen and oxygen atoms in total. The molecular formula is C12H13Cl2N3O. The van der Waals surface area contributed by atoms with Gasteiger partial charge in [-0.3, -0.25) is 0 Å². The molecule has 18 heavy (non-hydrogen) atoms. The molecule has 1 aromatic heterocycles. The highest BCUT2D eigenvalue weighted by Crippen LogP contribution is 2.26. The summed E-state index contributed by atoms with van der Waals surface area (Å²) in [5.74, 6) is 0.972. The van der Waals surface area contributed by atoms with Gasteiger partial charge in [-0.2, -0.15) is 4.98 Å². The lowest BCUT2D eigenvalue weighted by atomic mass is 10.1. The van der Waals surface area contributed by atoms with Crippen molar-refractivity contribution >= 4 is 23.2 Å². The minimum absolute atomic E-state index is 0.229. The highest BCUT2D eigenvalue weighted by molar-refractivity contribution is 6.36. The zero-order valence-electron chi connectivity index (χ0n) is 9.86. The lowest BCUT2D eigenvalue weighted by Crippen LogP contribution is -2.09. The van der Waals surface area contributed by atoms with E-state index in [4.69, 9.17) is 33.5 Å². The van der Waals surface area contributed by atoms with Crippen LogP contribution in [0.1, 0.15) is 36.7 Å². The summed E-state index contributed by atoms with van der Waals surface area (Å²) in [5, 5.41) is 5.06. The Hall–Kier alpha value is -1.10. The van der Waals surface area contributed by atoms with Crippen LogP contribution in [0.3, 0.4) is 0 Å². The van der Waals surface area contributed by atoms with E-state index in [1.54, 1.807) is 18.2 Å². The van der Waals surface area contributed by atoms with Crippen LogP contribution in [0.4, 0.5) is 0 Å². The maximum atomic E-state index is 6.08. The number of rotatable bonds is 4. The molecule has 2 N–H and O–H groups in total. The maximum Gasteiger partial charge on any atom is 0.243 e. The number of aromatic nitrogens is 2. The first kappa shape index (κ1) is 13.3. The molecule has 0 saturated carbocycles. The summed E-state index contributed by atoms with van der Waals surface area (Å²) in [6.07, 6.45) is 1.17. The molecule has 0 amide bonds.